The summed E-state index contributed by atoms with van der Waals surface area (Å²) in [6.45, 7) is 2.18. The van der Waals surface area contributed by atoms with Gasteiger partial charge in [0.15, 0.2) is 16.0 Å². The summed E-state index contributed by atoms with van der Waals surface area (Å²) in [4.78, 5) is 12.2. The van der Waals surface area contributed by atoms with E-state index in [1.807, 2.05) is 6.07 Å². The van der Waals surface area contributed by atoms with Crippen LogP contribution in [0.5, 0.6) is 0 Å². The van der Waals surface area contributed by atoms with Gasteiger partial charge in [0.1, 0.15) is 5.76 Å². The van der Waals surface area contributed by atoms with Crippen LogP contribution in [0.4, 0.5) is 19.6 Å². The van der Waals surface area contributed by atoms with Crippen LogP contribution in [0.3, 0.4) is 0 Å². The first-order valence-corrected chi connectivity index (χ1v) is 9.23. The lowest BCUT2D eigenvalue weighted by Gasteiger charge is -2.10. The van der Waals surface area contributed by atoms with Gasteiger partial charge in [0.25, 0.3) is 0 Å². The first-order valence-electron chi connectivity index (χ1n) is 7.53. The van der Waals surface area contributed by atoms with Crippen molar-refractivity contribution in [2.24, 2.45) is 0 Å². The van der Waals surface area contributed by atoms with Crippen molar-refractivity contribution in [3.05, 3.63) is 54.0 Å². The van der Waals surface area contributed by atoms with Crippen LogP contribution < -0.4 is 10.6 Å². The maximum absolute atomic E-state index is 13.2. The van der Waals surface area contributed by atoms with E-state index in [4.69, 9.17) is 4.42 Å². The van der Waals surface area contributed by atoms with Crippen LogP contribution in [0.15, 0.2) is 45.4 Å². The van der Waals surface area contributed by atoms with Gasteiger partial charge in [0, 0.05) is 11.8 Å². The van der Waals surface area contributed by atoms with Crippen molar-refractivity contribution in [1.29, 1.82) is 0 Å². The number of halogens is 2. The minimum atomic E-state index is -1.01. The normalized spacial score (nSPS) is 12.0. The lowest BCUT2D eigenvalue weighted by Crippen LogP contribution is -2.22. The molecule has 0 aliphatic rings. The number of hydrogen-bond acceptors (Lipinski definition) is 7. The fourth-order valence-corrected chi connectivity index (χ4v) is 3.82. The molecule has 6 nitrogen and oxygen atoms in total. The molecule has 2 heterocycles. The largest absolute Gasteiger partial charge is 0.467 e. The second-order valence-corrected chi connectivity index (χ2v) is 7.75. The molecule has 0 bridgehead atoms. The first kappa shape index (κ1) is 18.3. The molecule has 0 radical (unpaired) electrons. The minimum Gasteiger partial charge on any atom is -0.467 e. The number of nitrogens with zero attached hydrogens (tertiary/aromatic N) is 2. The van der Waals surface area contributed by atoms with E-state index < -0.39 is 16.9 Å². The van der Waals surface area contributed by atoms with Gasteiger partial charge < -0.3 is 15.1 Å². The zero-order valence-electron chi connectivity index (χ0n) is 13.5. The number of rotatable bonds is 7. The molecule has 10 heteroatoms. The SMILES string of the molecule is CC(Sc1nnc(NCc2ccco2)s1)C(=O)Nc1ccc(F)c(F)c1. The van der Waals surface area contributed by atoms with Gasteiger partial charge in [-0.15, -0.1) is 10.2 Å². The highest BCUT2D eigenvalue weighted by atomic mass is 32.2. The first-order chi connectivity index (χ1) is 12.5. The number of nitrogens with one attached hydrogen (secondary N) is 2. The van der Waals surface area contributed by atoms with Crippen LogP contribution in [0.25, 0.3) is 0 Å². The van der Waals surface area contributed by atoms with Crippen LogP contribution in [-0.4, -0.2) is 21.4 Å². The number of benzene rings is 1. The van der Waals surface area contributed by atoms with Crippen LogP contribution >= 0.6 is 23.1 Å². The Morgan fingerprint density at radius 3 is 2.88 bits per heavy atom. The fraction of sp³-hybridized carbons (Fsp3) is 0.188. The highest BCUT2D eigenvalue weighted by Crippen LogP contribution is 2.29. The second kappa shape index (κ2) is 8.28. The summed E-state index contributed by atoms with van der Waals surface area (Å²) in [5, 5.41) is 13.8. The van der Waals surface area contributed by atoms with E-state index in [0.29, 0.717) is 16.0 Å². The van der Waals surface area contributed by atoms with Gasteiger partial charge in [-0.1, -0.05) is 23.1 Å². The molecular formula is C16H14F2N4O2S2. The number of carbonyl (C=O) groups is 1. The van der Waals surface area contributed by atoms with Crippen molar-refractivity contribution in [2.45, 2.75) is 23.1 Å². The molecule has 1 unspecified atom stereocenters. The van der Waals surface area contributed by atoms with Crippen molar-refractivity contribution >= 4 is 39.8 Å². The molecule has 0 fully saturated rings. The van der Waals surface area contributed by atoms with Crippen molar-refractivity contribution in [1.82, 2.24) is 10.2 Å². The highest BCUT2D eigenvalue weighted by molar-refractivity contribution is 8.02. The molecule has 0 saturated heterocycles. The molecule has 2 aromatic heterocycles. The summed E-state index contributed by atoms with van der Waals surface area (Å²) in [6.07, 6.45) is 1.59. The van der Waals surface area contributed by atoms with Crippen LogP contribution in [0, 0.1) is 11.6 Å². The summed E-state index contributed by atoms with van der Waals surface area (Å²) in [6, 6.07) is 6.84. The molecule has 1 amide bonds. The second-order valence-electron chi connectivity index (χ2n) is 5.18. The minimum absolute atomic E-state index is 0.194. The van der Waals surface area contributed by atoms with Crippen LogP contribution in [0.1, 0.15) is 12.7 Å². The number of anilines is 2. The number of furan rings is 1. The van der Waals surface area contributed by atoms with Gasteiger partial charge >= 0.3 is 0 Å². The number of carbonyl (C=O) groups excluding carboxylic acids is 1. The van der Waals surface area contributed by atoms with Gasteiger partial charge in [0.2, 0.25) is 11.0 Å². The quantitative estimate of drug-likeness (QED) is 0.584. The van der Waals surface area contributed by atoms with Crippen molar-refractivity contribution in [2.75, 3.05) is 10.6 Å². The lowest BCUT2D eigenvalue weighted by atomic mass is 10.3. The summed E-state index contributed by atoms with van der Waals surface area (Å²) in [7, 11) is 0. The van der Waals surface area contributed by atoms with Crippen LogP contribution in [-0.2, 0) is 11.3 Å². The predicted octanol–water partition coefficient (Wildman–Crippen LogP) is 4.14. The van der Waals surface area contributed by atoms with Crippen molar-refractivity contribution in [3.63, 3.8) is 0 Å². The number of hydrogen-bond donors (Lipinski definition) is 2. The monoisotopic (exact) mass is 396 g/mol. The summed E-state index contributed by atoms with van der Waals surface area (Å²) in [5.41, 5.74) is 0.194. The van der Waals surface area contributed by atoms with E-state index in [-0.39, 0.29) is 11.6 Å². The predicted molar refractivity (Wildman–Crippen MR) is 96.3 cm³/mol. The van der Waals surface area contributed by atoms with E-state index in [0.717, 1.165) is 17.9 Å². The Hall–Kier alpha value is -2.46. The Morgan fingerprint density at radius 2 is 2.15 bits per heavy atom. The zero-order valence-corrected chi connectivity index (χ0v) is 15.2. The van der Waals surface area contributed by atoms with E-state index in [9.17, 15) is 13.6 Å². The molecule has 1 aromatic carbocycles. The van der Waals surface area contributed by atoms with E-state index >= 15 is 0 Å². The molecular weight excluding hydrogens is 382 g/mol. The molecule has 0 aliphatic heterocycles. The Balaban J connectivity index is 1.52. The van der Waals surface area contributed by atoms with Crippen molar-refractivity contribution < 1.29 is 18.0 Å². The van der Waals surface area contributed by atoms with Crippen molar-refractivity contribution in [3.8, 4) is 0 Å². The average molecular weight is 396 g/mol. The lowest BCUT2D eigenvalue weighted by molar-refractivity contribution is -0.115. The Morgan fingerprint density at radius 1 is 1.31 bits per heavy atom. The molecule has 3 rings (SSSR count). The van der Waals surface area contributed by atoms with E-state index in [2.05, 4.69) is 20.8 Å². The molecule has 26 heavy (non-hydrogen) atoms. The summed E-state index contributed by atoms with van der Waals surface area (Å²) >= 11 is 2.53. The van der Waals surface area contributed by atoms with Gasteiger partial charge in [-0.2, -0.15) is 0 Å². The van der Waals surface area contributed by atoms with Gasteiger partial charge in [-0.25, -0.2) is 8.78 Å². The molecule has 2 N–H and O–H groups in total. The molecule has 1 atom stereocenters. The van der Waals surface area contributed by atoms with E-state index in [1.54, 1.807) is 19.3 Å². The Kier molecular flexibility index (Phi) is 5.84. The molecule has 3 aromatic rings. The van der Waals surface area contributed by atoms with Crippen LogP contribution in [0.2, 0.25) is 0 Å². The number of aromatic nitrogens is 2. The third-order valence-corrected chi connectivity index (χ3v) is 5.30. The number of amides is 1. The topological polar surface area (TPSA) is 80.1 Å². The molecule has 0 aliphatic carbocycles. The average Bonchev–Trinajstić information content (AvgIpc) is 3.28. The maximum atomic E-state index is 13.2. The third kappa shape index (κ3) is 4.79. The maximum Gasteiger partial charge on any atom is 0.237 e. The van der Waals surface area contributed by atoms with E-state index in [1.165, 1.54) is 29.2 Å². The Bertz CT molecular complexity index is 886. The summed E-state index contributed by atoms with van der Waals surface area (Å²) < 4.78 is 31.9. The molecule has 0 saturated carbocycles. The summed E-state index contributed by atoms with van der Waals surface area (Å²) in [5.74, 6) is -1.55. The van der Waals surface area contributed by atoms with Gasteiger partial charge in [0.05, 0.1) is 18.1 Å². The zero-order chi connectivity index (χ0) is 18.5. The number of thioether (sulfide) groups is 1. The standard InChI is InChI=1S/C16H14F2N4O2S2/c1-9(14(23)20-10-4-5-12(17)13(18)7-10)25-16-22-21-15(26-16)19-8-11-3-2-6-24-11/h2-7,9H,8H2,1H3,(H,19,21)(H,20,23). The van der Waals surface area contributed by atoms with Gasteiger partial charge in [-0.3, -0.25) is 4.79 Å². The molecule has 136 valence electrons. The van der Waals surface area contributed by atoms with Gasteiger partial charge in [-0.05, 0) is 31.2 Å². The highest BCUT2D eigenvalue weighted by Gasteiger charge is 2.18. The third-order valence-electron chi connectivity index (χ3n) is 3.23. The Labute approximate surface area is 156 Å². The fourth-order valence-electron chi connectivity index (χ4n) is 1.93. The smallest absolute Gasteiger partial charge is 0.237 e. The molecule has 0 spiro atoms.